The third-order valence-corrected chi connectivity index (χ3v) is 8.78. The van der Waals surface area contributed by atoms with Crippen LogP contribution in [-0.4, -0.2) is 45.6 Å². The molecular weight excluding hydrogens is 465 g/mol. The van der Waals surface area contributed by atoms with Gasteiger partial charge in [-0.25, -0.2) is 0 Å². The second-order valence-corrected chi connectivity index (χ2v) is 9.59. The molecule has 1 aliphatic rings. The fourth-order valence-corrected chi connectivity index (χ4v) is 7.17. The van der Waals surface area contributed by atoms with Crippen molar-refractivity contribution in [3.05, 3.63) is 43.1 Å². The van der Waals surface area contributed by atoms with Crippen molar-refractivity contribution < 1.29 is 13.9 Å². The molecule has 0 unspecified atom stereocenters. The molecule has 0 aliphatic carbocycles. The first-order chi connectivity index (χ1) is 12.6. The van der Waals surface area contributed by atoms with Crippen molar-refractivity contribution in [3.8, 4) is 0 Å². The number of carbonyl (C=O) groups is 1. The van der Waals surface area contributed by atoms with Gasteiger partial charge in [0.25, 0.3) is 0 Å². The van der Waals surface area contributed by atoms with Crippen molar-refractivity contribution in [2.45, 2.75) is 25.8 Å². The van der Waals surface area contributed by atoms with E-state index in [0.29, 0.717) is 5.58 Å². The Morgan fingerprint density at radius 1 is 1.31 bits per heavy atom. The summed E-state index contributed by atoms with van der Waals surface area (Å²) in [5.74, 6) is -0.670. The summed E-state index contributed by atoms with van der Waals surface area (Å²) >= 11 is 3.85. The summed E-state index contributed by atoms with van der Waals surface area (Å²) in [7, 11) is 1.26. The van der Waals surface area contributed by atoms with Crippen LogP contribution in [0.3, 0.4) is 0 Å². The van der Waals surface area contributed by atoms with Crippen LogP contribution < -0.4 is 5.63 Å². The number of rotatable bonds is 3. The number of methoxy groups -OCH3 is 1. The van der Waals surface area contributed by atoms with Crippen molar-refractivity contribution in [1.29, 1.82) is 0 Å². The van der Waals surface area contributed by atoms with Gasteiger partial charge in [-0.2, -0.15) is 0 Å². The first-order valence-electron chi connectivity index (χ1n) is 8.57. The molecule has 7 heteroatoms. The van der Waals surface area contributed by atoms with Crippen LogP contribution in [-0.2, 0) is 11.3 Å². The maximum atomic E-state index is 12.2. The zero-order chi connectivity index (χ0) is 18.3. The number of fused-ring (bicyclic) bond motifs is 3. The van der Waals surface area contributed by atoms with E-state index in [1.54, 1.807) is 6.07 Å². The van der Waals surface area contributed by atoms with Gasteiger partial charge in [-0.3, -0.25) is 0 Å². The zero-order valence-corrected chi connectivity index (χ0v) is 17.6. The molecule has 3 heterocycles. The van der Waals surface area contributed by atoms with Crippen LogP contribution in [0.2, 0.25) is 0 Å². The van der Waals surface area contributed by atoms with Crippen LogP contribution >= 0.6 is 15.9 Å². The molecule has 0 N–H and O–H groups in total. The quantitative estimate of drug-likeness (QED) is 0.324. The van der Waals surface area contributed by atoms with Gasteiger partial charge in [0.05, 0.1) is 0 Å². The average Bonchev–Trinajstić information content (AvgIpc) is 2.98. The number of nitrogens with zero attached hydrogens (tertiary/aromatic N) is 1. The standard InChI is InChI=1S/C19H18BrNO4Se/c1-24-18(22)13-9-11-5-6-12-15(20)14(10-21-7-3-2-4-8-21)26-17(12)16(11)25-19(13)23/h5-6,9H,2-4,7-8,10H2,1H3. The molecule has 0 atom stereocenters. The topological polar surface area (TPSA) is 59.8 Å². The average molecular weight is 483 g/mol. The third-order valence-electron chi connectivity index (χ3n) is 4.78. The fraction of sp³-hybridized carbons (Fsp3) is 0.368. The number of halogens is 1. The van der Waals surface area contributed by atoms with Crippen molar-refractivity contribution in [2.24, 2.45) is 0 Å². The Labute approximate surface area is 164 Å². The van der Waals surface area contributed by atoms with Crippen molar-refractivity contribution >= 4 is 57.0 Å². The SMILES string of the molecule is COC(=O)c1cc2ccc3c(Br)c(CN4CCCCC4)[se]c3c2oc1=O. The van der Waals surface area contributed by atoms with Gasteiger partial charge in [-0.1, -0.05) is 0 Å². The van der Waals surface area contributed by atoms with E-state index >= 15 is 0 Å². The summed E-state index contributed by atoms with van der Waals surface area (Å²) in [5.41, 5.74) is -0.120. The molecule has 0 amide bonds. The second kappa shape index (κ2) is 7.31. The van der Waals surface area contributed by atoms with Crippen molar-refractivity contribution in [2.75, 3.05) is 20.2 Å². The van der Waals surface area contributed by atoms with Crippen LogP contribution in [0.15, 0.2) is 31.9 Å². The van der Waals surface area contributed by atoms with Gasteiger partial charge in [0.1, 0.15) is 0 Å². The van der Waals surface area contributed by atoms with Gasteiger partial charge in [0.15, 0.2) is 0 Å². The van der Waals surface area contributed by atoms with Gasteiger partial charge in [-0.05, 0) is 0 Å². The Hall–Kier alpha value is -1.40. The number of carbonyl (C=O) groups excluding carboxylic acids is 1. The summed E-state index contributed by atoms with van der Waals surface area (Å²) in [6.07, 6.45) is 3.85. The predicted octanol–water partition coefficient (Wildman–Crippen LogP) is 3.54. The molecule has 1 aromatic carbocycles. The van der Waals surface area contributed by atoms with Crippen LogP contribution in [0, 0.1) is 0 Å². The molecule has 1 fully saturated rings. The molecule has 1 saturated heterocycles. The number of hydrogen-bond donors (Lipinski definition) is 0. The number of esters is 1. The van der Waals surface area contributed by atoms with Gasteiger partial charge in [0.2, 0.25) is 0 Å². The molecule has 0 bridgehead atoms. The van der Waals surface area contributed by atoms with Crippen molar-refractivity contribution in [3.63, 3.8) is 0 Å². The minimum absolute atomic E-state index is 0.0639. The van der Waals surface area contributed by atoms with Gasteiger partial charge in [0, 0.05) is 0 Å². The summed E-state index contributed by atoms with van der Waals surface area (Å²) in [4.78, 5) is 26.5. The molecule has 0 saturated carbocycles. The van der Waals surface area contributed by atoms with E-state index in [2.05, 4.69) is 25.6 Å². The Morgan fingerprint density at radius 2 is 2.08 bits per heavy atom. The van der Waals surface area contributed by atoms with Crippen LogP contribution in [0.25, 0.3) is 20.6 Å². The third kappa shape index (κ3) is 3.18. The second-order valence-electron chi connectivity index (χ2n) is 6.48. The van der Waals surface area contributed by atoms with E-state index in [-0.39, 0.29) is 20.1 Å². The molecule has 136 valence electrons. The first-order valence-corrected chi connectivity index (χ1v) is 11.1. The molecule has 1 aliphatic heterocycles. The van der Waals surface area contributed by atoms with E-state index in [9.17, 15) is 9.59 Å². The zero-order valence-electron chi connectivity index (χ0n) is 14.3. The molecule has 26 heavy (non-hydrogen) atoms. The van der Waals surface area contributed by atoms with E-state index in [1.807, 2.05) is 12.1 Å². The molecule has 5 nitrogen and oxygen atoms in total. The van der Waals surface area contributed by atoms with E-state index in [1.165, 1.54) is 30.8 Å². The summed E-state index contributed by atoms with van der Waals surface area (Å²) < 4.78 is 13.8. The van der Waals surface area contributed by atoms with Gasteiger partial charge in [-0.15, -0.1) is 0 Å². The van der Waals surface area contributed by atoms with Crippen LogP contribution in [0.5, 0.6) is 0 Å². The number of ether oxygens (including phenoxy) is 1. The fourth-order valence-electron chi connectivity index (χ4n) is 3.43. The van der Waals surface area contributed by atoms with E-state index in [0.717, 1.165) is 39.1 Å². The minimum atomic E-state index is -0.670. The summed E-state index contributed by atoms with van der Waals surface area (Å²) in [6, 6.07) is 5.50. The predicted molar refractivity (Wildman–Crippen MR) is 105 cm³/mol. The number of piperidine rings is 1. The van der Waals surface area contributed by atoms with Crippen LogP contribution in [0.1, 0.15) is 34.1 Å². The molecule has 2 aromatic heterocycles. The Balaban J connectivity index is 1.82. The molecule has 3 aromatic rings. The Morgan fingerprint density at radius 3 is 2.81 bits per heavy atom. The number of benzene rings is 1. The monoisotopic (exact) mass is 483 g/mol. The maximum absolute atomic E-state index is 12.2. The van der Waals surface area contributed by atoms with Crippen LogP contribution in [0.4, 0.5) is 0 Å². The number of hydrogen-bond acceptors (Lipinski definition) is 5. The summed E-state index contributed by atoms with van der Waals surface area (Å²) in [5, 5.41) is 1.85. The molecule has 0 spiro atoms. The van der Waals surface area contributed by atoms with E-state index < -0.39 is 11.6 Å². The van der Waals surface area contributed by atoms with Crippen molar-refractivity contribution in [1.82, 2.24) is 4.90 Å². The normalized spacial score (nSPS) is 15.6. The van der Waals surface area contributed by atoms with E-state index in [4.69, 9.17) is 4.42 Å². The summed E-state index contributed by atoms with van der Waals surface area (Å²) in [6.45, 7) is 3.25. The number of likely N-dealkylation sites (tertiary alicyclic amines) is 1. The Kier molecular flexibility index (Phi) is 5.06. The molecule has 0 radical (unpaired) electrons. The first kappa shape index (κ1) is 18.0. The molecule has 4 rings (SSSR count). The van der Waals surface area contributed by atoms with Gasteiger partial charge >= 0.3 is 165 Å². The Bertz CT molecular complexity index is 1050. The molecular formula is C19H18BrNO4Se. The van der Waals surface area contributed by atoms with Gasteiger partial charge < -0.3 is 0 Å².